The number of fused-ring (bicyclic) bond motifs is 1. The quantitative estimate of drug-likeness (QED) is 0.795. The lowest BCUT2D eigenvalue weighted by Gasteiger charge is -2.28. The highest BCUT2D eigenvalue weighted by Gasteiger charge is 2.22. The predicted molar refractivity (Wildman–Crippen MR) is 114 cm³/mol. The fourth-order valence-corrected chi connectivity index (χ4v) is 4.43. The van der Waals surface area contributed by atoms with Crippen molar-refractivity contribution in [3.05, 3.63) is 52.6 Å². The first-order valence-electron chi connectivity index (χ1n) is 10.2. The molecule has 0 spiro atoms. The number of phenolic OH excluding ortho intramolecular Hbond substituents is 1. The van der Waals surface area contributed by atoms with E-state index in [2.05, 4.69) is 17.0 Å². The molecule has 0 amide bonds. The minimum Gasteiger partial charge on any atom is -0.508 e. The maximum atomic E-state index is 10.4. The molecular formula is C24H29NO4. The number of aryl methyl sites for hydroxylation is 2. The minimum absolute atomic E-state index is 0.430. The molecule has 0 saturated heterocycles. The van der Waals surface area contributed by atoms with Gasteiger partial charge in [-0.05, 0) is 48.4 Å². The van der Waals surface area contributed by atoms with Gasteiger partial charge < -0.3 is 19.3 Å². The Labute approximate surface area is 172 Å². The largest absolute Gasteiger partial charge is 0.508 e. The third-order valence-electron chi connectivity index (χ3n) is 6.02. The summed E-state index contributed by atoms with van der Waals surface area (Å²) in [6, 6.07) is 7.96. The van der Waals surface area contributed by atoms with Crippen LogP contribution < -0.4 is 14.2 Å². The second kappa shape index (κ2) is 8.37. The number of rotatable bonds is 6. The molecule has 0 radical (unpaired) electrons. The summed E-state index contributed by atoms with van der Waals surface area (Å²) in [6.45, 7) is 2.50. The zero-order valence-corrected chi connectivity index (χ0v) is 17.5. The van der Waals surface area contributed by atoms with Crippen molar-refractivity contribution >= 4 is 5.57 Å². The Bertz CT molecular complexity index is 910. The van der Waals surface area contributed by atoms with E-state index in [1.807, 2.05) is 18.2 Å². The molecule has 0 unspecified atom stereocenters. The highest BCUT2D eigenvalue weighted by Crippen LogP contribution is 2.41. The van der Waals surface area contributed by atoms with Gasteiger partial charge in [0.1, 0.15) is 23.0 Å². The fraction of sp³-hybridized carbons (Fsp3) is 0.417. The molecule has 0 saturated carbocycles. The van der Waals surface area contributed by atoms with Crippen molar-refractivity contribution in [1.82, 2.24) is 4.90 Å². The van der Waals surface area contributed by atoms with Crippen LogP contribution in [-0.2, 0) is 19.4 Å². The van der Waals surface area contributed by atoms with E-state index in [0.29, 0.717) is 11.5 Å². The summed E-state index contributed by atoms with van der Waals surface area (Å²) in [5, 5.41) is 10.4. The van der Waals surface area contributed by atoms with E-state index in [4.69, 9.17) is 14.2 Å². The number of nitrogens with zero attached hydrogens (tertiary/aromatic N) is 1. The van der Waals surface area contributed by atoms with E-state index in [1.165, 1.54) is 23.1 Å². The van der Waals surface area contributed by atoms with E-state index in [-0.39, 0.29) is 0 Å². The zero-order valence-electron chi connectivity index (χ0n) is 17.5. The molecule has 154 valence electrons. The lowest BCUT2D eigenvalue weighted by atomic mass is 9.96. The molecule has 1 N–H and O–H groups in total. The van der Waals surface area contributed by atoms with E-state index < -0.39 is 0 Å². The second-order valence-electron chi connectivity index (χ2n) is 7.72. The van der Waals surface area contributed by atoms with Crippen molar-refractivity contribution in [3.8, 4) is 23.0 Å². The average Bonchev–Trinajstić information content (AvgIpc) is 3.20. The summed E-state index contributed by atoms with van der Waals surface area (Å²) in [4.78, 5) is 2.36. The minimum atomic E-state index is 0.430. The summed E-state index contributed by atoms with van der Waals surface area (Å²) >= 11 is 0. The third-order valence-corrected chi connectivity index (χ3v) is 6.02. The SMILES string of the molecule is COc1cc(OC)c(C2=CCN(Cc3cc4c(cc3O)CCC4)CC2)c(OC)c1. The predicted octanol–water partition coefficient (Wildman–Crippen LogP) is 4.20. The lowest BCUT2D eigenvalue weighted by molar-refractivity contribution is 0.288. The number of hydrogen-bond acceptors (Lipinski definition) is 5. The van der Waals surface area contributed by atoms with Crippen LogP contribution >= 0.6 is 0 Å². The molecule has 2 aromatic carbocycles. The van der Waals surface area contributed by atoms with Crippen LogP contribution in [0.4, 0.5) is 0 Å². The van der Waals surface area contributed by atoms with Crippen molar-refractivity contribution in [2.24, 2.45) is 0 Å². The Balaban J connectivity index is 1.53. The lowest BCUT2D eigenvalue weighted by Crippen LogP contribution is -2.28. The van der Waals surface area contributed by atoms with E-state index >= 15 is 0 Å². The molecule has 5 nitrogen and oxygen atoms in total. The molecule has 0 fully saturated rings. The Kier molecular flexibility index (Phi) is 5.67. The summed E-state index contributed by atoms with van der Waals surface area (Å²) < 4.78 is 16.6. The highest BCUT2D eigenvalue weighted by atomic mass is 16.5. The molecule has 0 aromatic heterocycles. The maximum Gasteiger partial charge on any atom is 0.133 e. The fourth-order valence-electron chi connectivity index (χ4n) is 4.43. The Morgan fingerprint density at radius 1 is 0.897 bits per heavy atom. The van der Waals surface area contributed by atoms with Crippen LogP contribution in [0.15, 0.2) is 30.3 Å². The van der Waals surface area contributed by atoms with Gasteiger partial charge in [0.2, 0.25) is 0 Å². The van der Waals surface area contributed by atoms with Gasteiger partial charge in [0.25, 0.3) is 0 Å². The Hall–Kier alpha value is -2.66. The maximum absolute atomic E-state index is 10.4. The average molecular weight is 395 g/mol. The van der Waals surface area contributed by atoms with E-state index in [1.54, 1.807) is 21.3 Å². The standard InChI is InChI=1S/C24H29NO4/c1-27-20-13-22(28-2)24(23(14-20)29-3)16-7-9-25(10-8-16)15-19-11-17-5-4-6-18(17)12-21(19)26/h7,11-14,26H,4-6,8-10,15H2,1-3H3. The van der Waals surface area contributed by atoms with Crippen LogP contribution in [0.5, 0.6) is 23.0 Å². The van der Waals surface area contributed by atoms with Gasteiger partial charge in [-0.15, -0.1) is 0 Å². The number of benzene rings is 2. The highest BCUT2D eigenvalue weighted by molar-refractivity contribution is 5.77. The van der Waals surface area contributed by atoms with E-state index in [9.17, 15) is 5.11 Å². The zero-order chi connectivity index (χ0) is 20.4. The molecule has 1 heterocycles. The number of ether oxygens (including phenoxy) is 3. The van der Waals surface area contributed by atoms with E-state index in [0.717, 1.165) is 61.5 Å². The summed E-state index contributed by atoms with van der Waals surface area (Å²) in [5.41, 5.74) is 5.96. The number of methoxy groups -OCH3 is 3. The third kappa shape index (κ3) is 3.92. The molecule has 1 aliphatic carbocycles. The van der Waals surface area contributed by atoms with Crippen molar-refractivity contribution in [3.63, 3.8) is 0 Å². The van der Waals surface area contributed by atoms with Gasteiger partial charge >= 0.3 is 0 Å². The molecule has 0 bridgehead atoms. The van der Waals surface area contributed by atoms with Crippen LogP contribution in [0.2, 0.25) is 0 Å². The monoisotopic (exact) mass is 395 g/mol. The van der Waals surface area contributed by atoms with Crippen LogP contribution in [0.25, 0.3) is 5.57 Å². The molecule has 0 atom stereocenters. The second-order valence-corrected chi connectivity index (χ2v) is 7.72. The van der Waals surface area contributed by atoms with Crippen LogP contribution in [0.3, 0.4) is 0 Å². The van der Waals surface area contributed by atoms with Gasteiger partial charge in [0.15, 0.2) is 0 Å². The number of hydrogen-bond donors (Lipinski definition) is 1. The summed E-state index contributed by atoms with van der Waals surface area (Å²) in [6.07, 6.45) is 6.54. The number of aromatic hydroxyl groups is 1. The van der Waals surface area contributed by atoms with Gasteiger partial charge in [-0.1, -0.05) is 12.1 Å². The topological polar surface area (TPSA) is 51.2 Å². The van der Waals surface area contributed by atoms with Crippen molar-refractivity contribution < 1.29 is 19.3 Å². The summed E-state index contributed by atoms with van der Waals surface area (Å²) in [5.74, 6) is 2.67. The van der Waals surface area contributed by atoms with Crippen molar-refractivity contribution in [2.45, 2.75) is 32.2 Å². The smallest absolute Gasteiger partial charge is 0.133 e. The van der Waals surface area contributed by atoms with Crippen LogP contribution in [0.1, 0.15) is 35.1 Å². The van der Waals surface area contributed by atoms with Crippen LogP contribution in [-0.4, -0.2) is 44.4 Å². The molecule has 2 aromatic rings. The molecular weight excluding hydrogens is 366 g/mol. The molecule has 5 heteroatoms. The Morgan fingerprint density at radius 2 is 1.59 bits per heavy atom. The normalized spacial score (nSPS) is 16.3. The molecule has 29 heavy (non-hydrogen) atoms. The Morgan fingerprint density at radius 3 is 2.17 bits per heavy atom. The van der Waals surface area contributed by atoms with Crippen molar-refractivity contribution in [2.75, 3.05) is 34.4 Å². The summed E-state index contributed by atoms with van der Waals surface area (Å²) in [7, 11) is 4.98. The molecule has 1 aliphatic heterocycles. The van der Waals surface area contributed by atoms with Gasteiger partial charge in [-0.3, -0.25) is 4.90 Å². The first-order chi connectivity index (χ1) is 14.1. The van der Waals surface area contributed by atoms with Gasteiger partial charge in [0, 0.05) is 37.3 Å². The van der Waals surface area contributed by atoms with Gasteiger partial charge in [-0.25, -0.2) is 0 Å². The molecule has 4 rings (SSSR count). The first-order valence-corrected chi connectivity index (χ1v) is 10.2. The van der Waals surface area contributed by atoms with Gasteiger partial charge in [0.05, 0.1) is 26.9 Å². The van der Waals surface area contributed by atoms with Crippen LogP contribution in [0, 0.1) is 0 Å². The molecule has 2 aliphatic rings. The first kappa shape index (κ1) is 19.6. The van der Waals surface area contributed by atoms with Crippen molar-refractivity contribution in [1.29, 1.82) is 0 Å². The number of phenols is 1. The van der Waals surface area contributed by atoms with Gasteiger partial charge in [-0.2, -0.15) is 0 Å².